The van der Waals surface area contributed by atoms with Gasteiger partial charge in [-0.2, -0.15) is 16.8 Å². The topological polar surface area (TPSA) is 126 Å². The van der Waals surface area contributed by atoms with Gasteiger partial charge in [0.1, 0.15) is 24.8 Å². The molecule has 0 unspecified atom stereocenters. The lowest BCUT2D eigenvalue weighted by atomic mass is 10.3. The fraction of sp³-hybridized carbons (Fsp3) is 0.400. The number of rotatable bonds is 7. The summed E-state index contributed by atoms with van der Waals surface area (Å²) in [6.07, 6.45) is 9.46. The minimum Gasteiger partial charge on any atom is -1.00 e. The maximum atomic E-state index is 10.9. The van der Waals surface area contributed by atoms with E-state index >= 15 is 0 Å². The second kappa shape index (κ2) is 8.78. The number of imidazole rings is 2. The molecule has 0 atom stereocenters. The monoisotopic (exact) mass is 422 g/mol. The van der Waals surface area contributed by atoms with Crippen LogP contribution in [0, 0.1) is 0 Å². The summed E-state index contributed by atoms with van der Waals surface area (Å²) in [5, 5.41) is 0. The quantitative estimate of drug-likeness (QED) is 0.259. The third kappa shape index (κ3) is 6.37. The van der Waals surface area contributed by atoms with Crippen molar-refractivity contribution < 1.29 is 59.9 Å². The molecule has 0 radical (unpaired) electrons. The van der Waals surface area contributed by atoms with Gasteiger partial charge in [-0.25, -0.2) is 9.13 Å². The van der Waals surface area contributed by atoms with Gasteiger partial charge >= 0.3 is 20.6 Å². The third-order valence-electron chi connectivity index (χ3n) is 2.95. The molecule has 0 spiro atoms. The van der Waals surface area contributed by atoms with Crippen molar-refractivity contribution in [2.75, 3.05) is 0 Å². The molecule has 138 valence electrons. The second-order valence-corrected chi connectivity index (χ2v) is 7.26. The van der Waals surface area contributed by atoms with Crippen molar-refractivity contribution in [3.63, 3.8) is 0 Å². The van der Waals surface area contributed by atoms with Gasteiger partial charge < -0.3 is 24.8 Å². The lowest BCUT2D eigenvalue weighted by molar-refractivity contribution is -0.707. The van der Waals surface area contributed by atoms with Crippen molar-refractivity contribution in [1.82, 2.24) is 7.94 Å². The fourth-order valence-electron chi connectivity index (χ4n) is 1.88. The van der Waals surface area contributed by atoms with E-state index in [0.29, 0.717) is 33.9 Å². The van der Waals surface area contributed by atoms with Crippen LogP contribution in [0.4, 0.5) is 0 Å². The maximum absolute atomic E-state index is 10.9. The molecule has 0 aromatic carbocycles. The van der Waals surface area contributed by atoms with Gasteiger partial charge in [0.15, 0.2) is 0 Å². The van der Waals surface area contributed by atoms with E-state index in [1.54, 1.807) is 9.13 Å². The molecule has 0 fully saturated rings. The Kier molecular flexibility index (Phi) is 8.35. The zero-order valence-corrected chi connectivity index (χ0v) is 15.3. The molecule has 0 saturated carbocycles. The van der Waals surface area contributed by atoms with Crippen LogP contribution >= 0.6 is 0 Å². The van der Waals surface area contributed by atoms with Gasteiger partial charge in [-0.1, -0.05) is 0 Å². The average molecular weight is 423 g/mol. The third-order valence-corrected chi connectivity index (χ3v) is 4.45. The van der Waals surface area contributed by atoms with Crippen LogP contribution in [-0.2, 0) is 33.7 Å². The number of unbranched alkanes of at least 4 members (excludes halogenated alkanes) is 1. The first kappa shape index (κ1) is 22.8. The maximum Gasteiger partial charge on any atom is 0.439 e. The number of aryl methyl sites for hydroxylation is 2. The number of hydrogen-bond donors (Lipinski definition) is 2. The van der Waals surface area contributed by atoms with E-state index in [4.69, 9.17) is 9.11 Å². The molecular formula is C10H16Cl2N4O6S2. The van der Waals surface area contributed by atoms with Crippen LogP contribution in [0.1, 0.15) is 12.8 Å². The Morgan fingerprint density at radius 1 is 0.750 bits per heavy atom. The van der Waals surface area contributed by atoms with Crippen molar-refractivity contribution in [3.05, 3.63) is 37.4 Å². The SMILES string of the molecule is O=S(=O)(O)n1cc[n+](CCCC[n+]2ccn(S(=O)(=O)O)c2)c1.[Cl-].[Cl-]. The lowest BCUT2D eigenvalue weighted by Gasteiger charge is -1.96. The molecule has 2 rings (SSSR count). The van der Waals surface area contributed by atoms with Crippen LogP contribution in [0.2, 0.25) is 0 Å². The molecule has 10 nitrogen and oxygen atoms in total. The fourth-order valence-corrected chi connectivity index (χ4v) is 2.77. The molecule has 2 N–H and O–H groups in total. The van der Waals surface area contributed by atoms with Crippen molar-refractivity contribution in [2.45, 2.75) is 25.9 Å². The summed E-state index contributed by atoms with van der Waals surface area (Å²) in [7, 11) is -8.52. The molecule has 0 aliphatic heterocycles. The molecule has 14 heteroatoms. The lowest BCUT2D eigenvalue weighted by Crippen LogP contribution is -3.00. The second-order valence-electron chi connectivity index (χ2n) is 4.63. The molecule has 0 bridgehead atoms. The van der Waals surface area contributed by atoms with Crippen LogP contribution < -0.4 is 33.9 Å². The summed E-state index contributed by atoms with van der Waals surface area (Å²) >= 11 is 0. The van der Waals surface area contributed by atoms with Crippen LogP contribution in [0.15, 0.2) is 37.4 Å². The average Bonchev–Trinajstić information content (AvgIpc) is 3.02. The van der Waals surface area contributed by atoms with E-state index in [1.165, 1.54) is 37.4 Å². The molecule has 0 aliphatic carbocycles. The van der Waals surface area contributed by atoms with E-state index in [2.05, 4.69) is 0 Å². The van der Waals surface area contributed by atoms with Gasteiger partial charge in [0, 0.05) is 0 Å². The van der Waals surface area contributed by atoms with Gasteiger partial charge in [0.25, 0.3) is 12.7 Å². The Morgan fingerprint density at radius 3 is 1.33 bits per heavy atom. The summed E-state index contributed by atoms with van der Waals surface area (Å²) in [6, 6.07) is 0. The van der Waals surface area contributed by atoms with Gasteiger partial charge in [0.2, 0.25) is 0 Å². The largest absolute Gasteiger partial charge is 1.00 e. The zero-order valence-electron chi connectivity index (χ0n) is 12.2. The van der Waals surface area contributed by atoms with Gasteiger partial charge in [-0.15, -0.1) is 7.94 Å². The molecule has 0 amide bonds. The van der Waals surface area contributed by atoms with E-state index in [0.717, 1.165) is 0 Å². The highest BCUT2D eigenvalue weighted by atomic mass is 35.5. The molecule has 24 heavy (non-hydrogen) atoms. The van der Waals surface area contributed by atoms with Gasteiger partial charge in [0.05, 0.1) is 13.1 Å². The Labute approximate surface area is 151 Å². The van der Waals surface area contributed by atoms with Gasteiger partial charge in [-0.05, 0) is 12.8 Å². The van der Waals surface area contributed by atoms with Crippen molar-refractivity contribution >= 4 is 20.6 Å². The highest BCUT2D eigenvalue weighted by molar-refractivity contribution is 7.84. The first-order valence-electron chi connectivity index (χ1n) is 6.26. The van der Waals surface area contributed by atoms with Crippen LogP contribution in [-0.4, -0.2) is 33.9 Å². The van der Waals surface area contributed by atoms with E-state index in [9.17, 15) is 16.8 Å². The van der Waals surface area contributed by atoms with Crippen molar-refractivity contribution in [1.29, 1.82) is 0 Å². The Hall–Kier alpha value is -1.18. The Bertz CT molecular complexity index is 789. The first-order valence-corrected chi connectivity index (χ1v) is 9.06. The number of aromatic nitrogens is 4. The van der Waals surface area contributed by atoms with Crippen LogP contribution in [0.3, 0.4) is 0 Å². The summed E-state index contributed by atoms with van der Waals surface area (Å²) < 4.78 is 65.8. The zero-order chi connectivity index (χ0) is 16.4. The predicted octanol–water partition coefficient (Wildman–Crippen LogP) is -7.35. The summed E-state index contributed by atoms with van der Waals surface area (Å²) in [6.45, 7) is 1.09. The Balaban J connectivity index is 0.00000264. The van der Waals surface area contributed by atoms with Gasteiger partial charge in [-0.3, -0.25) is 9.11 Å². The summed E-state index contributed by atoms with van der Waals surface area (Å²) in [5.74, 6) is 0. The number of halogens is 2. The van der Waals surface area contributed by atoms with E-state index in [1.807, 2.05) is 0 Å². The Morgan fingerprint density at radius 2 is 1.08 bits per heavy atom. The highest BCUT2D eigenvalue weighted by Crippen LogP contribution is 1.95. The van der Waals surface area contributed by atoms with Crippen LogP contribution in [0.5, 0.6) is 0 Å². The van der Waals surface area contributed by atoms with Crippen molar-refractivity contribution in [3.8, 4) is 0 Å². The first-order chi connectivity index (χ1) is 10.2. The highest BCUT2D eigenvalue weighted by Gasteiger charge is 2.16. The smallest absolute Gasteiger partial charge is 0.439 e. The minimum atomic E-state index is -4.26. The molecule has 2 heterocycles. The molecule has 2 aromatic rings. The summed E-state index contributed by atoms with van der Waals surface area (Å²) in [4.78, 5) is 0. The van der Waals surface area contributed by atoms with Crippen LogP contribution in [0.25, 0.3) is 0 Å². The number of nitrogens with zero attached hydrogens (tertiary/aromatic N) is 4. The molecule has 2 aromatic heterocycles. The summed E-state index contributed by atoms with van der Waals surface area (Å²) in [5.41, 5.74) is 0. The molecule has 0 saturated heterocycles. The standard InChI is InChI=1S/C10H14N4O6S2.2ClH/c15-21(16,17)13-7-5-11(9-13)3-1-2-4-12-6-8-14(10-12)22(18,19)20;;/h5-10H,1-4H2;2*1H. The molecule has 0 aliphatic rings. The predicted molar refractivity (Wildman–Crippen MR) is 72.4 cm³/mol. The van der Waals surface area contributed by atoms with E-state index in [-0.39, 0.29) is 24.8 Å². The normalized spacial score (nSPS) is 11.6. The minimum absolute atomic E-state index is 0. The molecular weight excluding hydrogens is 407 g/mol. The van der Waals surface area contributed by atoms with Crippen molar-refractivity contribution in [2.24, 2.45) is 0 Å². The number of hydrogen-bond acceptors (Lipinski definition) is 4. The van der Waals surface area contributed by atoms with E-state index < -0.39 is 20.6 Å².